The maximum absolute atomic E-state index is 11.6. The normalized spacial score (nSPS) is 11.9. The van der Waals surface area contributed by atoms with E-state index in [9.17, 15) is 9.59 Å². The van der Waals surface area contributed by atoms with Gasteiger partial charge in [-0.25, -0.2) is 4.79 Å². The van der Waals surface area contributed by atoms with Gasteiger partial charge in [-0.1, -0.05) is 13.3 Å². The first-order chi connectivity index (χ1) is 9.06. The highest BCUT2D eigenvalue weighted by atomic mass is 16.4. The summed E-state index contributed by atoms with van der Waals surface area (Å²) in [6, 6.07) is -0.419. The number of nitrogens with zero attached hydrogens (tertiary/aromatic N) is 2. The minimum absolute atomic E-state index is 0.122. The number of hydrogen-bond donors (Lipinski definition) is 3. The van der Waals surface area contributed by atoms with E-state index in [1.807, 2.05) is 13.8 Å². The van der Waals surface area contributed by atoms with E-state index < -0.39 is 17.9 Å². The number of carbonyl (C=O) groups is 2. The average molecular weight is 268 g/mol. The van der Waals surface area contributed by atoms with E-state index in [0.717, 1.165) is 13.0 Å². The Morgan fingerprint density at radius 3 is 2.74 bits per heavy atom. The number of hydrogen-bond acceptors (Lipinski definition) is 3. The van der Waals surface area contributed by atoms with Crippen molar-refractivity contribution in [2.75, 3.05) is 11.9 Å². The summed E-state index contributed by atoms with van der Waals surface area (Å²) in [5.41, 5.74) is 0.585. The van der Waals surface area contributed by atoms with Crippen LogP contribution in [0.5, 0.6) is 0 Å². The molecule has 106 valence electrons. The Morgan fingerprint density at radius 1 is 1.47 bits per heavy atom. The Morgan fingerprint density at radius 2 is 2.21 bits per heavy atom. The van der Waals surface area contributed by atoms with E-state index in [-0.39, 0.29) is 6.54 Å². The van der Waals surface area contributed by atoms with Crippen LogP contribution in [-0.2, 0) is 11.3 Å². The zero-order chi connectivity index (χ0) is 14.3. The molecule has 0 saturated carbocycles. The zero-order valence-corrected chi connectivity index (χ0v) is 11.2. The average Bonchev–Trinajstić information content (AvgIpc) is 2.81. The number of amides is 2. The number of carboxylic acid groups (broad SMARTS) is 1. The summed E-state index contributed by atoms with van der Waals surface area (Å²) in [6.45, 7) is 4.70. The van der Waals surface area contributed by atoms with Crippen LogP contribution in [0, 0.1) is 5.92 Å². The van der Waals surface area contributed by atoms with Crippen LogP contribution < -0.4 is 10.6 Å². The molecule has 0 spiro atoms. The van der Waals surface area contributed by atoms with Crippen LogP contribution in [0.2, 0.25) is 0 Å². The first kappa shape index (κ1) is 15.0. The Balaban J connectivity index is 2.40. The summed E-state index contributed by atoms with van der Waals surface area (Å²) in [5.74, 6) is -1.44. The molecule has 19 heavy (non-hydrogen) atoms. The van der Waals surface area contributed by atoms with Crippen LogP contribution in [0.4, 0.5) is 10.5 Å². The van der Waals surface area contributed by atoms with Crippen molar-refractivity contribution in [2.24, 2.45) is 5.92 Å². The molecule has 0 saturated heterocycles. The topological polar surface area (TPSA) is 96.3 Å². The molecule has 1 heterocycles. The molecule has 2 amide bonds. The predicted molar refractivity (Wildman–Crippen MR) is 71.0 cm³/mol. The predicted octanol–water partition coefficient (Wildman–Crippen LogP) is 1.53. The molecule has 0 aliphatic heterocycles. The van der Waals surface area contributed by atoms with Crippen molar-refractivity contribution in [3.8, 4) is 0 Å². The quantitative estimate of drug-likeness (QED) is 0.698. The van der Waals surface area contributed by atoms with E-state index in [2.05, 4.69) is 15.7 Å². The minimum Gasteiger partial charge on any atom is -0.481 e. The van der Waals surface area contributed by atoms with Crippen molar-refractivity contribution in [3.05, 3.63) is 12.4 Å². The first-order valence-corrected chi connectivity index (χ1v) is 6.36. The molecule has 1 unspecified atom stereocenters. The lowest BCUT2D eigenvalue weighted by Crippen LogP contribution is -2.35. The van der Waals surface area contributed by atoms with E-state index in [1.165, 1.54) is 0 Å². The second kappa shape index (κ2) is 7.40. The summed E-state index contributed by atoms with van der Waals surface area (Å²) in [5, 5.41) is 18.1. The lowest BCUT2D eigenvalue weighted by molar-refractivity contribution is -0.141. The number of nitrogens with one attached hydrogen (secondary N) is 2. The molecule has 7 nitrogen and oxygen atoms in total. The molecule has 7 heteroatoms. The van der Waals surface area contributed by atoms with E-state index in [1.54, 1.807) is 17.1 Å². The summed E-state index contributed by atoms with van der Waals surface area (Å²) in [4.78, 5) is 22.5. The third-order valence-corrected chi connectivity index (χ3v) is 2.71. The van der Waals surface area contributed by atoms with Crippen molar-refractivity contribution < 1.29 is 14.7 Å². The fraction of sp³-hybridized carbons (Fsp3) is 0.583. The fourth-order valence-electron chi connectivity index (χ4n) is 1.65. The van der Waals surface area contributed by atoms with Crippen LogP contribution in [-0.4, -0.2) is 33.4 Å². The van der Waals surface area contributed by atoms with Gasteiger partial charge in [-0.2, -0.15) is 5.10 Å². The standard InChI is InChI=1S/C12H20N4O3/c1-3-5-9(11(17)18)6-13-12(19)15-10-7-14-16(4-2)8-10/h7-9H,3-6H2,1-2H3,(H,17,18)(H2,13,15,19). The lowest BCUT2D eigenvalue weighted by atomic mass is 10.0. The largest absolute Gasteiger partial charge is 0.481 e. The molecule has 3 N–H and O–H groups in total. The van der Waals surface area contributed by atoms with E-state index >= 15 is 0 Å². The molecule has 0 aromatic carbocycles. The van der Waals surface area contributed by atoms with Gasteiger partial charge >= 0.3 is 12.0 Å². The SMILES string of the molecule is CCCC(CNC(=O)Nc1cnn(CC)c1)C(=O)O. The summed E-state index contributed by atoms with van der Waals surface area (Å²) < 4.78 is 1.69. The molecule has 0 aliphatic carbocycles. The second-order valence-corrected chi connectivity index (χ2v) is 4.24. The third-order valence-electron chi connectivity index (χ3n) is 2.71. The first-order valence-electron chi connectivity index (χ1n) is 6.36. The van der Waals surface area contributed by atoms with Crippen LogP contribution in [0.3, 0.4) is 0 Å². The number of carbonyl (C=O) groups excluding carboxylic acids is 1. The van der Waals surface area contributed by atoms with Crippen molar-refractivity contribution >= 4 is 17.7 Å². The van der Waals surface area contributed by atoms with Gasteiger partial charge < -0.3 is 15.7 Å². The number of urea groups is 1. The lowest BCUT2D eigenvalue weighted by Gasteiger charge is -2.12. The second-order valence-electron chi connectivity index (χ2n) is 4.24. The van der Waals surface area contributed by atoms with Gasteiger partial charge in [-0.05, 0) is 13.3 Å². The minimum atomic E-state index is -0.888. The fourth-order valence-corrected chi connectivity index (χ4v) is 1.65. The Hall–Kier alpha value is -2.05. The van der Waals surface area contributed by atoms with E-state index in [4.69, 9.17) is 5.11 Å². The molecule has 1 atom stereocenters. The number of anilines is 1. The van der Waals surface area contributed by atoms with Crippen LogP contribution in [0.1, 0.15) is 26.7 Å². The van der Waals surface area contributed by atoms with Gasteiger partial charge in [-0.3, -0.25) is 9.48 Å². The molecule has 0 aliphatic rings. The molecule has 1 rings (SSSR count). The Bertz CT molecular complexity index is 430. The van der Waals surface area contributed by atoms with Gasteiger partial charge in [0, 0.05) is 19.3 Å². The molecule has 0 bridgehead atoms. The number of aryl methyl sites for hydroxylation is 1. The number of rotatable bonds is 7. The van der Waals surface area contributed by atoms with Crippen molar-refractivity contribution in [1.29, 1.82) is 0 Å². The van der Waals surface area contributed by atoms with Crippen LogP contribution in [0.15, 0.2) is 12.4 Å². The van der Waals surface area contributed by atoms with Crippen LogP contribution in [0.25, 0.3) is 0 Å². The van der Waals surface area contributed by atoms with Crippen LogP contribution >= 0.6 is 0 Å². The molecule has 0 radical (unpaired) electrons. The maximum Gasteiger partial charge on any atom is 0.319 e. The van der Waals surface area contributed by atoms with Gasteiger partial charge in [0.05, 0.1) is 17.8 Å². The Labute approximate surface area is 112 Å². The van der Waals surface area contributed by atoms with Crippen molar-refractivity contribution in [2.45, 2.75) is 33.2 Å². The number of aromatic nitrogens is 2. The smallest absolute Gasteiger partial charge is 0.319 e. The van der Waals surface area contributed by atoms with Crippen molar-refractivity contribution in [1.82, 2.24) is 15.1 Å². The van der Waals surface area contributed by atoms with Crippen molar-refractivity contribution in [3.63, 3.8) is 0 Å². The number of carboxylic acids is 1. The van der Waals surface area contributed by atoms with E-state index in [0.29, 0.717) is 12.1 Å². The molecular weight excluding hydrogens is 248 g/mol. The van der Waals surface area contributed by atoms with Gasteiger partial charge in [0.15, 0.2) is 0 Å². The summed E-state index contributed by atoms with van der Waals surface area (Å²) in [6.07, 6.45) is 4.57. The highest BCUT2D eigenvalue weighted by molar-refractivity contribution is 5.89. The maximum atomic E-state index is 11.6. The molecule has 1 aromatic rings. The highest BCUT2D eigenvalue weighted by Crippen LogP contribution is 2.06. The zero-order valence-electron chi connectivity index (χ0n) is 11.2. The van der Waals surface area contributed by atoms with Gasteiger partial charge in [0.25, 0.3) is 0 Å². The monoisotopic (exact) mass is 268 g/mol. The third kappa shape index (κ3) is 4.99. The van der Waals surface area contributed by atoms with Gasteiger partial charge in [0.1, 0.15) is 0 Å². The Kier molecular flexibility index (Phi) is 5.84. The van der Waals surface area contributed by atoms with Gasteiger partial charge in [-0.15, -0.1) is 0 Å². The molecular formula is C12H20N4O3. The molecule has 1 aromatic heterocycles. The van der Waals surface area contributed by atoms with Gasteiger partial charge in [0.2, 0.25) is 0 Å². The summed E-state index contributed by atoms with van der Waals surface area (Å²) in [7, 11) is 0. The summed E-state index contributed by atoms with van der Waals surface area (Å²) >= 11 is 0. The molecule has 0 fully saturated rings. The number of aliphatic carboxylic acids is 1. The highest BCUT2D eigenvalue weighted by Gasteiger charge is 2.17.